The number of morpholine rings is 1. The van der Waals surface area contributed by atoms with Gasteiger partial charge in [-0.2, -0.15) is 0 Å². The second-order valence-corrected chi connectivity index (χ2v) is 5.48. The van der Waals surface area contributed by atoms with Crippen molar-refractivity contribution in [3.63, 3.8) is 0 Å². The maximum atomic E-state index is 12.2. The molecule has 1 aliphatic heterocycles. The van der Waals surface area contributed by atoms with Gasteiger partial charge in [-0.25, -0.2) is 0 Å². The van der Waals surface area contributed by atoms with E-state index in [0.29, 0.717) is 25.8 Å². The van der Waals surface area contributed by atoms with Crippen molar-refractivity contribution in [3.8, 4) is 0 Å². The lowest BCUT2D eigenvalue weighted by Crippen LogP contribution is -2.58. The molecule has 6 nitrogen and oxygen atoms in total. The number of nitrogens with one attached hydrogen (secondary N) is 1. The van der Waals surface area contributed by atoms with E-state index in [1.807, 2.05) is 11.8 Å². The Morgan fingerprint density at radius 1 is 1.37 bits per heavy atom. The van der Waals surface area contributed by atoms with E-state index in [0.717, 1.165) is 12.8 Å². The SMILES string of the molecule is CC(C(=O)O)C(C)N1CCOCC1C(=O)NC1CC1. The average Bonchev–Trinajstić information content (AvgIpc) is 3.20. The summed E-state index contributed by atoms with van der Waals surface area (Å²) in [6, 6.07) is -0.244. The van der Waals surface area contributed by atoms with Crippen molar-refractivity contribution in [2.45, 2.75) is 44.8 Å². The number of ether oxygens (including phenoxy) is 1. The van der Waals surface area contributed by atoms with Crippen LogP contribution in [0.3, 0.4) is 0 Å². The summed E-state index contributed by atoms with van der Waals surface area (Å²) in [6.07, 6.45) is 2.08. The van der Waals surface area contributed by atoms with Crippen molar-refractivity contribution >= 4 is 11.9 Å². The number of carbonyl (C=O) groups excluding carboxylic acids is 1. The van der Waals surface area contributed by atoms with Crippen LogP contribution in [0.4, 0.5) is 0 Å². The predicted octanol–water partition coefficient (Wildman–Crippen LogP) is 0.0750. The topological polar surface area (TPSA) is 78.9 Å². The summed E-state index contributed by atoms with van der Waals surface area (Å²) >= 11 is 0. The zero-order valence-electron chi connectivity index (χ0n) is 11.5. The molecule has 2 rings (SSSR count). The molecule has 108 valence electrons. The molecule has 3 unspecified atom stereocenters. The highest BCUT2D eigenvalue weighted by molar-refractivity contribution is 5.82. The predicted molar refractivity (Wildman–Crippen MR) is 68.7 cm³/mol. The molecule has 0 aromatic rings. The monoisotopic (exact) mass is 270 g/mol. The number of rotatable bonds is 5. The zero-order chi connectivity index (χ0) is 14.0. The Morgan fingerprint density at radius 2 is 2.05 bits per heavy atom. The minimum atomic E-state index is -0.833. The number of aliphatic carboxylic acids is 1. The summed E-state index contributed by atoms with van der Waals surface area (Å²) in [5, 5.41) is 12.1. The number of amides is 1. The molecule has 0 radical (unpaired) electrons. The van der Waals surface area contributed by atoms with Gasteiger partial charge >= 0.3 is 5.97 Å². The molecule has 1 saturated heterocycles. The molecule has 1 amide bonds. The van der Waals surface area contributed by atoms with Crippen LogP contribution in [0.15, 0.2) is 0 Å². The van der Waals surface area contributed by atoms with Crippen LogP contribution < -0.4 is 5.32 Å². The molecule has 6 heteroatoms. The Bertz CT molecular complexity index is 357. The second-order valence-electron chi connectivity index (χ2n) is 5.48. The van der Waals surface area contributed by atoms with Gasteiger partial charge in [0.2, 0.25) is 5.91 Å². The third-order valence-electron chi connectivity index (χ3n) is 4.03. The molecular weight excluding hydrogens is 248 g/mol. The van der Waals surface area contributed by atoms with E-state index in [9.17, 15) is 9.59 Å². The van der Waals surface area contributed by atoms with Crippen LogP contribution in [0.25, 0.3) is 0 Å². The van der Waals surface area contributed by atoms with Gasteiger partial charge in [-0.15, -0.1) is 0 Å². The molecule has 3 atom stereocenters. The maximum absolute atomic E-state index is 12.2. The normalized spacial score (nSPS) is 27.6. The molecule has 19 heavy (non-hydrogen) atoms. The smallest absolute Gasteiger partial charge is 0.307 e. The third kappa shape index (κ3) is 3.45. The molecular formula is C13H22N2O4. The van der Waals surface area contributed by atoms with Crippen molar-refractivity contribution in [2.75, 3.05) is 19.8 Å². The molecule has 2 fully saturated rings. The quantitative estimate of drug-likeness (QED) is 0.739. The van der Waals surface area contributed by atoms with Crippen LogP contribution >= 0.6 is 0 Å². The van der Waals surface area contributed by atoms with Crippen molar-refractivity contribution in [1.82, 2.24) is 10.2 Å². The highest BCUT2D eigenvalue weighted by Gasteiger charge is 2.37. The van der Waals surface area contributed by atoms with Gasteiger partial charge in [0.15, 0.2) is 0 Å². The summed E-state index contributed by atoms with van der Waals surface area (Å²) in [7, 11) is 0. The van der Waals surface area contributed by atoms with E-state index in [4.69, 9.17) is 9.84 Å². The second kappa shape index (κ2) is 5.88. The van der Waals surface area contributed by atoms with Crippen molar-refractivity contribution < 1.29 is 19.4 Å². The highest BCUT2D eigenvalue weighted by atomic mass is 16.5. The van der Waals surface area contributed by atoms with Gasteiger partial charge in [0.1, 0.15) is 6.04 Å². The first kappa shape index (κ1) is 14.3. The summed E-state index contributed by atoms with van der Waals surface area (Å²) in [4.78, 5) is 25.2. The van der Waals surface area contributed by atoms with Gasteiger partial charge in [-0.05, 0) is 19.8 Å². The maximum Gasteiger partial charge on any atom is 0.307 e. The fourth-order valence-corrected chi connectivity index (χ4v) is 2.35. The van der Waals surface area contributed by atoms with Crippen molar-refractivity contribution in [1.29, 1.82) is 0 Å². The van der Waals surface area contributed by atoms with E-state index in [1.165, 1.54) is 0 Å². The molecule has 2 N–H and O–H groups in total. The van der Waals surface area contributed by atoms with Crippen LogP contribution in [-0.2, 0) is 14.3 Å². The Kier molecular flexibility index (Phi) is 4.42. The standard InChI is InChI=1S/C13H22N2O4/c1-8(13(17)18)9(2)15-5-6-19-7-11(15)12(16)14-10-3-4-10/h8-11H,3-7H2,1-2H3,(H,14,16)(H,17,18). The van der Waals surface area contributed by atoms with E-state index in [-0.39, 0.29) is 18.0 Å². The van der Waals surface area contributed by atoms with E-state index >= 15 is 0 Å². The van der Waals surface area contributed by atoms with Gasteiger partial charge in [0.05, 0.1) is 19.1 Å². The number of carbonyl (C=O) groups is 2. The molecule has 0 aromatic heterocycles. The number of hydrogen-bond donors (Lipinski definition) is 2. The first-order valence-corrected chi connectivity index (χ1v) is 6.87. The molecule has 0 spiro atoms. The lowest BCUT2D eigenvalue weighted by molar-refractivity contribution is -0.148. The fraction of sp³-hybridized carbons (Fsp3) is 0.846. The fourth-order valence-electron chi connectivity index (χ4n) is 2.35. The number of carboxylic acid groups (broad SMARTS) is 1. The summed E-state index contributed by atoms with van der Waals surface area (Å²) in [5.74, 6) is -1.37. The Morgan fingerprint density at radius 3 is 2.63 bits per heavy atom. The summed E-state index contributed by atoms with van der Waals surface area (Å²) in [6.45, 7) is 5.03. The van der Waals surface area contributed by atoms with Gasteiger partial charge in [0.25, 0.3) is 0 Å². The molecule has 1 aliphatic carbocycles. The minimum absolute atomic E-state index is 0.0355. The Balaban J connectivity index is 2.01. The van der Waals surface area contributed by atoms with Crippen LogP contribution in [0.5, 0.6) is 0 Å². The lowest BCUT2D eigenvalue weighted by Gasteiger charge is -2.40. The van der Waals surface area contributed by atoms with Gasteiger partial charge < -0.3 is 15.2 Å². The number of hydrogen-bond acceptors (Lipinski definition) is 4. The van der Waals surface area contributed by atoms with Crippen LogP contribution in [0, 0.1) is 5.92 Å². The van der Waals surface area contributed by atoms with Crippen molar-refractivity contribution in [2.24, 2.45) is 5.92 Å². The first-order chi connectivity index (χ1) is 9.00. The number of nitrogens with zero attached hydrogens (tertiary/aromatic N) is 1. The summed E-state index contributed by atoms with van der Waals surface area (Å²) < 4.78 is 5.38. The third-order valence-corrected chi connectivity index (χ3v) is 4.03. The van der Waals surface area contributed by atoms with Gasteiger partial charge in [-0.1, -0.05) is 6.92 Å². The molecule has 0 aromatic carbocycles. The summed E-state index contributed by atoms with van der Waals surface area (Å²) in [5.41, 5.74) is 0. The van der Waals surface area contributed by atoms with Gasteiger partial charge in [0, 0.05) is 18.6 Å². The van der Waals surface area contributed by atoms with Crippen LogP contribution in [-0.4, -0.2) is 59.8 Å². The Hall–Kier alpha value is -1.14. The van der Waals surface area contributed by atoms with Crippen LogP contribution in [0.1, 0.15) is 26.7 Å². The van der Waals surface area contributed by atoms with Crippen molar-refractivity contribution in [3.05, 3.63) is 0 Å². The molecule has 1 heterocycles. The molecule has 1 saturated carbocycles. The van der Waals surface area contributed by atoms with E-state index < -0.39 is 11.9 Å². The van der Waals surface area contributed by atoms with Gasteiger partial charge in [-0.3, -0.25) is 14.5 Å². The van der Waals surface area contributed by atoms with E-state index in [2.05, 4.69) is 5.32 Å². The minimum Gasteiger partial charge on any atom is -0.481 e. The molecule has 0 bridgehead atoms. The average molecular weight is 270 g/mol. The molecule has 2 aliphatic rings. The van der Waals surface area contributed by atoms with E-state index in [1.54, 1.807) is 6.92 Å². The zero-order valence-corrected chi connectivity index (χ0v) is 11.5. The largest absolute Gasteiger partial charge is 0.481 e. The first-order valence-electron chi connectivity index (χ1n) is 6.87. The highest BCUT2D eigenvalue weighted by Crippen LogP contribution is 2.21. The number of carboxylic acids is 1. The van der Waals surface area contributed by atoms with Crippen LogP contribution in [0.2, 0.25) is 0 Å². The lowest BCUT2D eigenvalue weighted by atomic mass is 9.99. The Labute approximate surface area is 113 Å².